The van der Waals surface area contributed by atoms with Crippen molar-refractivity contribution in [3.8, 4) is 5.69 Å². The number of hydrogen-bond donors (Lipinski definition) is 1. The standard InChI is InChI=1S/C16H19N5/c1-3-15-16(12-20(2)19-15)17-11-13-9-10-21(18-13)14-7-5-4-6-8-14/h4-10,12,17H,3,11H2,1-2H3. The van der Waals surface area contributed by atoms with Gasteiger partial charge >= 0.3 is 0 Å². The van der Waals surface area contributed by atoms with E-state index in [4.69, 9.17) is 0 Å². The van der Waals surface area contributed by atoms with Crippen LogP contribution in [0.5, 0.6) is 0 Å². The van der Waals surface area contributed by atoms with Crippen LogP contribution in [0.4, 0.5) is 5.69 Å². The second-order valence-corrected chi connectivity index (χ2v) is 4.96. The molecule has 0 aliphatic heterocycles. The van der Waals surface area contributed by atoms with Gasteiger partial charge in [0, 0.05) is 19.4 Å². The van der Waals surface area contributed by atoms with Gasteiger partial charge in [0.05, 0.1) is 29.3 Å². The Morgan fingerprint density at radius 3 is 2.67 bits per heavy atom. The van der Waals surface area contributed by atoms with Crippen molar-refractivity contribution in [1.29, 1.82) is 0 Å². The third-order valence-electron chi connectivity index (χ3n) is 3.37. The van der Waals surface area contributed by atoms with Gasteiger partial charge in [-0.2, -0.15) is 10.2 Å². The molecule has 3 rings (SSSR count). The molecule has 0 atom stereocenters. The highest BCUT2D eigenvalue weighted by atomic mass is 15.3. The number of benzene rings is 1. The van der Waals surface area contributed by atoms with Crippen LogP contribution in [0.1, 0.15) is 18.3 Å². The molecule has 0 saturated carbocycles. The lowest BCUT2D eigenvalue weighted by Crippen LogP contribution is -2.03. The quantitative estimate of drug-likeness (QED) is 0.782. The molecule has 0 fully saturated rings. The molecule has 0 bridgehead atoms. The van der Waals surface area contributed by atoms with Gasteiger partial charge < -0.3 is 5.32 Å². The highest BCUT2D eigenvalue weighted by molar-refractivity contribution is 5.46. The molecule has 108 valence electrons. The van der Waals surface area contributed by atoms with Crippen molar-refractivity contribution < 1.29 is 0 Å². The third-order valence-corrected chi connectivity index (χ3v) is 3.37. The highest BCUT2D eigenvalue weighted by Crippen LogP contribution is 2.15. The first-order valence-electron chi connectivity index (χ1n) is 7.12. The summed E-state index contributed by atoms with van der Waals surface area (Å²) in [6.07, 6.45) is 4.91. The highest BCUT2D eigenvalue weighted by Gasteiger charge is 2.06. The van der Waals surface area contributed by atoms with Crippen molar-refractivity contribution in [1.82, 2.24) is 19.6 Å². The molecular formula is C16H19N5. The van der Waals surface area contributed by atoms with Crippen molar-refractivity contribution in [2.75, 3.05) is 5.32 Å². The number of para-hydroxylation sites is 1. The lowest BCUT2D eigenvalue weighted by molar-refractivity contribution is 0.746. The van der Waals surface area contributed by atoms with Crippen molar-refractivity contribution in [2.45, 2.75) is 19.9 Å². The lowest BCUT2D eigenvalue weighted by atomic mass is 10.3. The Bertz CT molecular complexity index is 711. The predicted molar refractivity (Wildman–Crippen MR) is 83.5 cm³/mol. The molecule has 0 saturated heterocycles. The van der Waals surface area contributed by atoms with Crippen molar-refractivity contribution in [3.63, 3.8) is 0 Å². The van der Waals surface area contributed by atoms with Gasteiger partial charge in [0.15, 0.2) is 0 Å². The number of aryl methyl sites for hydroxylation is 2. The number of aromatic nitrogens is 4. The van der Waals surface area contributed by atoms with Crippen LogP contribution in [0.2, 0.25) is 0 Å². The molecule has 0 unspecified atom stereocenters. The van der Waals surface area contributed by atoms with E-state index in [9.17, 15) is 0 Å². The van der Waals surface area contributed by atoms with E-state index in [-0.39, 0.29) is 0 Å². The number of hydrogen-bond acceptors (Lipinski definition) is 3. The Kier molecular flexibility index (Phi) is 3.73. The molecule has 1 N–H and O–H groups in total. The summed E-state index contributed by atoms with van der Waals surface area (Å²) in [5.74, 6) is 0. The van der Waals surface area contributed by atoms with E-state index in [0.29, 0.717) is 6.54 Å². The van der Waals surface area contributed by atoms with Crippen LogP contribution in [0, 0.1) is 0 Å². The van der Waals surface area contributed by atoms with E-state index in [1.165, 1.54) is 0 Å². The summed E-state index contributed by atoms with van der Waals surface area (Å²) in [6.45, 7) is 2.80. The first-order valence-corrected chi connectivity index (χ1v) is 7.12. The maximum atomic E-state index is 4.58. The summed E-state index contributed by atoms with van der Waals surface area (Å²) in [4.78, 5) is 0. The molecule has 5 heteroatoms. The largest absolute Gasteiger partial charge is 0.377 e. The van der Waals surface area contributed by atoms with Crippen LogP contribution in [-0.2, 0) is 20.0 Å². The van der Waals surface area contributed by atoms with Crippen LogP contribution in [-0.4, -0.2) is 19.6 Å². The topological polar surface area (TPSA) is 47.7 Å². The van der Waals surface area contributed by atoms with Crippen LogP contribution in [0.15, 0.2) is 48.8 Å². The Balaban J connectivity index is 1.70. The maximum absolute atomic E-state index is 4.58. The first-order chi connectivity index (χ1) is 10.3. The summed E-state index contributed by atoms with van der Waals surface area (Å²) >= 11 is 0. The number of nitrogens with zero attached hydrogens (tertiary/aromatic N) is 4. The molecule has 2 heterocycles. The number of anilines is 1. The summed E-state index contributed by atoms with van der Waals surface area (Å²) in [7, 11) is 1.94. The zero-order valence-electron chi connectivity index (χ0n) is 12.3. The average Bonchev–Trinajstić information content (AvgIpc) is 3.12. The second-order valence-electron chi connectivity index (χ2n) is 4.96. The lowest BCUT2D eigenvalue weighted by Gasteiger charge is -2.03. The molecule has 1 aromatic carbocycles. The van der Waals surface area contributed by atoms with Crippen molar-refractivity contribution in [2.24, 2.45) is 7.05 Å². The summed E-state index contributed by atoms with van der Waals surface area (Å²) in [6, 6.07) is 12.1. The molecule has 21 heavy (non-hydrogen) atoms. The van der Waals surface area contributed by atoms with Gasteiger partial charge in [-0.15, -0.1) is 0 Å². The Morgan fingerprint density at radius 1 is 1.10 bits per heavy atom. The zero-order valence-corrected chi connectivity index (χ0v) is 12.3. The molecule has 2 aromatic heterocycles. The van der Waals surface area contributed by atoms with Gasteiger partial charge in [0.25, 0.3) is 0 Å². The van der Waals surface area contributed by atoms with Crippen molar-refractivity contribution in [3.05, 3.63) is 60.2 Å². The fourth-order valence-corrected chi connectivity index (χ4v) is 2.31. The molecule has 0 radical (unpaired) electrons. The first kappa shape index (κ1) is 13.4. The average molecular weight is 281 g/mol. The molecule has 0 spiro atoms. The summed E-state index contributed by atoms with van der Waals surface area (Å²) in [5, 5.41) is 12.4. The zero-order chi connectivity index (χ0) is 14.7. The number of nitrogens with one attached hydrogen (secondary N) is 1. The second kappa shape index (κ2) is 5.83. The van der Waals surface area contributed by atoms with Gasteiger partial charge in [-0.05, 0) is 24.6 Å². The van der Waals surface area contributed by atoms with Gasteiger partial charge in [-0.1, -0.05) is 25.1 Å². The Morgan fingerprint density at radius 2 is 1.90 bits per heavy atom. The van der Waals surface area contributed by atoms with Crippen LogP contribution >= 0.6 is 0 Å². The smallest absolute Gasteiger partial charge is 0.0853 e. The van der Waals surface area contributed by atoms with Crippen molar-refractivity contribution >= 4 is 5.69 Å². The molecule has 5 nitrogen and oxygen atoms in total. The minimum atomic E-state index is 0.693. The third kappa shape index (κ3) is 2.97. The monoisotopic (exact) mass is 281 g/mol. The van der Waals surface area contributed by atoms with E-state index >= 15 is 0 Å². The molecule has 0 aliphatic carbocycles. The number of rotatable bonds is 5. The summed E-state index contributed by atoms with van der Waals surface area (Å²) < 4.78 is 3.73. The molecule has 0 amide bonds. The van der Waals surface area contributed by atoms with Crippen LogP contribution < -0.4 is 5.32 Å². The predicted octanol–water partition coefficient (Wildman–Crippen LogP) is 2.78. The molecular weight excluding hydrogens is 262 g/mol. The minimum absolute atomic E-state index is 0.693. The van der Waals surface area contributed by atoms with Gasteiger partial charge in [0.2, 0.25) is 0 Å². The normalized spacial score (nSPS) is 10.8. The van der Waals surface area contributed by atoms with E-state index in [2.05, 4.69) is 22.4 Å². The minimum Gasteiger partial charge on any atom is -0.377 e. The maximum Gasteiger partial charge on any atom is 0.0853 e. The van der Waals surface area contributed by atoms with Crippen LogP contribution in [0.3, 0.4) is 0 Å². The van der Waals surface area contributed by atoms with E-state index in [1.54, 1.807) is 0 Å². The molecule has 0 aliphatic rings. The van der Waals surface area contributed by atoms with E-state index < -0.39 is 0 Å². The Hall–Kier alpha value is -2.56. The van der Waals surface area contributed by atoms with E-state index in [0.717, 1.165) is 29.2 Å². The Labute approximate surface area is 124 Å². The SMILES string of the molecule is CCc1nn(C)cc1NCc1ccn(-c2ccccc2)n1. The van der Waals surface area contributed by atoms with Gasteiger partial charge in [-0.25, -0.2) is 4.68 Å². The summed E-state index contributed by atoms with van der Waals surface area (Å²) in [5.41, 5.74) is 4.23. The fourth-order valence-electron chi connectivity index (χ4n) is 2.31. The fraction of sp³-hybridized carbons (Fsp3) is 0.250. The molecule has 3 aromatic rings. The van der Waals surface area contributed by atoms with Gasteiger partial charge in [0.1, 0.15) is 0 Å². The van der Waals surface area contributed by atoms with E-state index in [1.807, 2.05) is 65.2 Å². The van der Waals surface area contributed by atoms with Gasteiger partial charge in [-0.3, -0.25) is 4.68 Å². The van der Waals surface area contributed by atoms with Crippen LogP contribution in [0.25, 0.3) is 5.69 Å².